The predicted octanol–water partition coefficient (Wildman–Crippen LogP) is 2.71. The summed E-state index contributed by atoms with van der Waals surface area (Å²) in [4.78, 5) is 2.49. The predicted molar refractivity (Wildman–Crippen MR) is 92.7 cm³/mol. The number of sulfonamides is 1. The SMILES string of the molecule is O=S(=O)(c1ccc(Br)s1)N1CCCN(C2CCSC2)CC1. The van der Waals surface area contributed by atoms with Gasteiger partial charge in [-0.3, -0.25) is 4.90 Å². The summed E-state index contributed by atoms with van der Waals surface area (Å²) in [6.07, 6.45) is 2.17. The van der Waals surface area contributed by atoms with Crippen LogP contribution >= 0.6 is 39.0 Å². The van der Waals surface area contributed by atoms with E-state index in [4.69, 9.17) is 0 Å². The highest BCUT2D eigenvalue weighted by Gasteiger charge is 2.30. The van der Waals surface area contributed by atoms with Gasteiger partial charge in [-0.2, -0.15) is 16.1 Å². The minimum Gasteiger partial charge on any atom is -0.298 e. The van der Waals surface area contributed by atoms with E-state index in [1.807, 2.05) is 11.8 Å². The molecule has 0 N–H and O–H groups in total. The second-order valence-electron chi connectivity index (χ2n) is 5.37. The van der Waals surface area contributed by atoms with Crippen LogP contribution in [0, 0.1) is 0 Å². The molecule has 2 fully saturated rings. The molecule has 8 heteroatoms. The Morgan fingerprint density at radius 3 is 2.71 bits per heavy atom. The van der Waals surface area contributed by atoms with Crippen molar-refractivity contribution in [2.45, 2.75) is 23.1 Å². The van der Waals surface area contributed by atoms with Crippen LogP contribution in [0.25, 0.3) is 0 Å². The van der Waals surface area contributed by atoms with E-state index in [2.05, 4.69) is 20.8 Å². The molecule has 0 radical (unpaired) electrons. The van der Waals surface area contributed by atoms with Gasteiger partial charge in [0.15, 0.2) is 0 Å². The van der Waals surface area contributed by atoms with Gasteiger partial charge in [-0.15, -0.1) is 11.3 Å². The number of thioether (sulfide) groups is 1. The van der Waals surface area contributed by atoms with Crippen molar-refractivity contribution in [3.8, 4) is 0 Å². The summed E-state index contributed by atoms with van der Waals surface area (Å²) in [7, 11) is -3.32. The molecular formula is C13H19BrN2O2S3. The molecule has 2 saturated heterocycles. The van der Waals surface area contributed by atoms with Crippen LogP contribution in [0.3, 0.4) is 0 Å². The first-order chi connectivity index (χ1) is 10.1. The largest absolute Gasteiger partial charge is 0.298 e. The molecule has 2 aliphatic rings. The summed E-state index contributed by atoms with van der Waals surface area (Å²) in [5.41, 5.74) is 0. The molecule has 4 nitrogen and oxygen atoms in total. The first-order valence-electron chi connectivity index (χ1n) is 7.14. The molecule has 3 heterocycles. The molecule has 0 bridgehead atoms. The van der Waals surface area contributed by atoms with Gasteiger partial charge in [0.1, 0.15) is 4.21 Å². The number of hydrogen-bond acceptors (Lipinski definition) is 5. The van der Waals surface area contributed by atoms with E-state index >= 15 is 0 Å². The molecule has 0 spiro atoms. The van der Waals surface area contributed by atoms with Gasteiger partial charge in [0.25, 0.3) is 10.0 Å². The third-order valence-electron chi connectivity index (χ3n) is 4.05. The molecule has 118 valence electrons. The van der Waals surface area contributed by atoms with Gasteiger partial charge in [-0.25, -0.2) is 8.42 Å². The van der Waals surface area contributed by atoms with E-state index in [0.29, 0.717) is 23.3 Å². The Labute approximate surface area is 143 Å². The van der Waals surface area contributed by atoms with Gasteiger partial charge in [-0.1, -0.05) is 0 Å². The molecule has 0 aromatic carbocycles. The summed E-state index contributed by atoms with van der Waals surface area (Å²) in [5, 5.41) is 0. The second kappa shape index (κ2) is 6.88. The average molecular weight is 411 g/mol. The van der Waals surface area contributed by atoms with Crippen molar-refractivity contribution in [2.75, 3.05) is 37.7 Å². The zero-order valence-corrected chi connectivity index (χ0v) is 15.7. The molecule has 1 aromatic heterocycles. The van der Waals surface area contributed by atoms with Crippen molar-refractivity contribution >= 4 is 49.1 Å². The van der Waals surface area contributed by atoms with E-state index in [1.165, 1.54) is 29.3 Å². The topological polar surface area (TPSA) is 40.6 Å². The van der Waals surface area contributed by atoms with E-state index in [1.54, 1.807) is 16.4 Å². The minimum absolute atomic E-state index is 0.444. The van der Waals surface area contributed by atoms with Gasteiger partial charge in [0, 0.05) is 31.4 Å². The third-order valence-corrected chi connectivity index (χ3v) is 9.19. The lowest BCUT2D eigenvalue weighted by atomic mass is 10.2. The summed E-state index contributed by atoms with van der Waals surface area (Å²) >= 11 is 6.65. The summed E-state index contributed by atoms with van der Waals surface area (Å²) in [6.45, 7) is 3.12. The van der Waals surface area contributed by atoms with Crippen LogP contribution in [-0.2, 0) is 10.0 Å². The Hall–Kier alpha value is 0.400. The van der Waals surface area contributed by atoms with Crippen molar-refractivity contribution in [1.82, 2.24) is 9.21 Å². The molecule has 0 amide bonds. The molecule has 0 saturated carbocycles. The van der Waals surface area contributed by atoms with E-state index in [-0.39, 0.29) is 0 Å². The summed E-state index contributed by atoms with van der Waals surface area (Å²) in [5.74, 6) is 2.44. The Bertz CT molecular complexity index is 584. The first-order valence-corrected chi connectivity index (χ1v) is 11.3. The number of rotatable bonds is 3. The molecular weight excluding hydrogens is 392 g/mol. The molecule has 1 aromatic rings. The van der Waals surface area contributed by atoms with E-state index in [9.17, 15) is 8.42 Å². The quantitative estimate of drug-likeness (QED) is 0.767. The van der Waals surface area contributed by atoms with Crippen molar-refractivity contribution in [1.29, 1.82) is 0 Å². The maximum Gasteiger partial charge on any atom is 0.252 e. The molecule has 1 atom stereocenters. The van der Waals surface area contributed by atoms with E-state index < -0.39 is 10.0 Å². The van der Waals surface area contributed by atoms with Gasteiger partial charge in [0.05, 0.1) is 3.79 Å². The standard InChI is InChI=1S/C13H19BrN2O2S3/c14-12-2-3-13(20-12)21(17,18)16-6-1-5-15(7-8-16)11-4-9-19-10-11/h2-3,11H,1,4-10H2. The van der Waals surface area contributed by atoms with Gasteiger partial charge >= 0.3 is 0 Å². The van der Waals surface area contributed by atoms with Crippen molar-refractivity contribution < 1.29 is 8.42 Å². The Kier molecular flexibility index (Phi) is 5.33. The highest BCUT2D eigenvalue weighted by Crippen LogP contribution is 2.29. The number of thiophene rings is 1. The van der Waals surface area contributed by atoms with Crippen molar-refractivity contribution in [2.24, 2.45) is 0 Å². The highest BCUT2D eigenvalue weighted by molar-refractivity contribution is 9.11. The lowest BCUT2D eigenvalue weighted by Crippen LogP contribution is -2.39. The lowest BCUT2D eigenvalue weighted by molar-refractivity contribution is 0.223. The third kappa shape index (κ3) is 3.67. The zero-order valence-electron chi connectivity index (χ0n) is 11.7. The average Bonchev–Trinajstić information content (AvgIpc) is 3.06. The molecule has 21 heavy (non-hydrogen) atoms. The summed E-state index contributed by atoms with van der Waals surface area (Å²) < 4.78 is 28.3. The fourth-order valence-corrected chi connectivity index (χ4v) is 7.78. The monoisotopic (exact) mass is 410 g/mol. The van der Waals surface area contributed by atoms with E-state index in [0.717, 1.165) is 23.3 Å². The first kappa shape index (κ1) is 16.3. The molecule has 3 rings (SSSR count). The van der Waals surface area contributed by atoms with Crippen molar-refractivity contribution in [3.63, 3.8) is 0 Å². The molecule has 1 unspecified atom stereocenters. The van der Waals surface area contributed by atoms with Gasteiger partial charge < -0.3 is 0 Å². The Morgan fingerprint density at radius 1 is 1.19 bits per heavy atom. The van der Waals surface area contributed by atoms with Crippen LogP contribution < -0.4 is 0 Å². The molecule has 0 aliphatic carbocycles. The number of nitrogens with zero attached hydrogens (tertiary/aromatic N) is 2. The van der Waals surface area contributed by atoms with Crippen LogP contribution in [0.4, 0.5) is 0 Å². The zero-order chi connectivity index (χ0) is 14.9. The summed E-state index contributed by atoms with van der Waals surface area (Å²) in [6, 6.07) is 4.14. The van der Waals surface area contributed by atoms with Crippen LogP contribution in [-0.4, -0.2) is 61.3 Å². The number of halogens is 1. The highest BCUT2D eigenvalue weighted by atomic mass is 79.9. The smallest absolute Gasteiger partial charge is 0.252 e. The van der Waals surface area contributed by atoms with Gasteiger partial charge in [0.2, 0.25) is 0 Å². The Morgan fingerprint density at radius 2 is 2.05 bits per heavy atom. The number of hydrogen-bond donors (Lipinski definition) is 0. The van der Waals surface area contributed by atoms with Crippen LogP contribution in [0.2, 0.25) is 0 Å². The Balaban J connectivity index is 1.69. The normalized spacial score (nSPS) is 26.0. The van der Waals surface area contributed by atoms with Crippen LogP contribution in [0.1, 0.15) is 12.8 Å². The maximum absolute atomic E-state index is 12.7. The fraction of sp³-hybridized carbons (Fsp3) is 0.692. The van der Waals surface area contributed by atoms with Crippen LogP contribution in [0.15, 0.2) is 20.1 Å². The fourth-order valence-electron chi connectivity index (χ4n) is 2.89. The second-order valence-corrected chi connectivity index (χ2v) is 11.1. The maximum atomic E-state index is 12.7. The molecule has 2 aliphatic heterocycles. The van der Waals surface area contributed by atoms with Crippen molar-refractivity contribution in [3.05, 3.63) is 15.9 Å². The lowest BCUT2D eigenvalue weighted by Gasteiger charge is -2.26. The minimum atomic E-state index is -3.32. The van der Waals surface area contributed by atoms with Gasteiger partial charge in [-0.05, 0) is 53.2 Å². The van der Waals surface area contributed by atoms with Crippen LogP contribution in [0.5, 0.6) is 0 Å².